The quantitative estimate of drug-likeness (QED) is 0.498. The van der Waals surface area contributed by atoms with Crippen molar-refractivity contribution in [2.24, 2.45) is 10.8 Å². The summed E-state index contributed by atoms with van der Waals surface area (Å²) in [5, 5.41) is 0. The summed E-state index contributed by atoms with van der Waals surface area (Å²) in [6, 6.07) is 0. The van der Waals surface area contributed by atoms with Gasteiger partial charge in [0.2, 0.25) is 0 Å². The molecule has 0 unspecified atom stereocenters. The molecular weight excluding hydrogens is 204 g/mol. The highest BCUT2D eigenvalue weighted by Crippen LogP contribution is 2.41. The Balaban J connectivity index is 4.25. The fourth-order valence-electron chi connectivity index (χ4n) is 1.24. The lowest BCUT2D eigenvalue weighted by Crippen LogP contribution is -2.40. The van der Waals surface area contributed by atoms with Crippen molar-refractivity contribution in [1.29, 1.82) is 0 Å². The third-order valence-corrected chi connectivity index (χ3v) is 3.75. The largest absolute Gasteiger partial charge is 0.463 e. The maximum absolute atomic E-state index is 12.0. The van der Waals surface area contributed by atoms with Gasteiger partial charge >= 0.3 is 5.97 Å². The number of hydrogen-bond acceptors (Lipinski definition) is 3. The van der Waals surface area contributed by atoms with Gasteiger partial charge in [-0.25, -0.2) is 0 Å². The van der Waals surface area contributed by atoms with Gasteiger partial charge in [-0.3, -0.25) is 4.79 Å². The molecule has 3 heteroatoms. The van der Waals surface area contributed by atoms with E-state index < -0.39 is 5.41 Å². The highest BCUT2D eigenvalue weighted by Gasteiger charge is 2.43. The number of ether oxygens (including phenoxy) is 2. The van der Waals surface area contributed by atoms with Crippen molar-refractivity contribution in [1.82, 2.24) is 0 Å². The minimum Gasteiger partial charge on any atom is -0.463 e. The number of rotatable bonds is 7. The minimum atomic E-state index is -0.464. The van der Waals surface area contributed by atoms with E-state index in [2.05, 4.69) is 20.8 Å². The average Bonchev–Trinajstić information content (AvgIpc) is 2.23. The molecule has 0 aromatic rings. The molecule has 0 aliphatic rings. The number of carbonyl (C=O) groups excluding carboxylic acids is 1. The van der Waals surface area contributed by atoms with Crippen molar-refractivity contribution in [3.8, 4) is 0 Å². The Morgan fingerprint density at radius 3 is 2.06 bits per heavy atom. The molecule has 0 aromatic carbocycles. The second-order valence-electron chi connectivity index (χ2n) is 5.20. The Kier molecular flexibility index (Phi) is 6.01. The zero-order valence-corrected chi connectivity index (χ0v) is 11.6. The molecule has 0 aliphatic carbocycles. The molecule has 0 aliphatic heterocycles. The summed E-state index contributed by atoms with van der Waals surface area (Å²) in [6.07, 6.45) is 0.945. The highest BCUT2D eigenvalue weighted by molar-refractivity contribution is 5.76. The van der Waals surface area contributed by atoms with Crippen molar-refractivity contribution in [3.63, 3.8) is 0 Å². The first kappa shape index (κ1) is 15.4. The average molecular weight is 230 g/mol. The van der Waals surface area contributed by atoms with Crippen LogP contribution in [0.5, 0.6) is 0 Å². The van der Waals surface area contributed by atoms with Gasteiger partial charge in [-0.1, -0.05) is 20.8 Å². The van der Waals surface area contributed by atoms with Gasteiger partial charge in [0.15, 0.2) is 0 Å². The molecule has 0 rings (SSSR count). The van der Waals surface area contributed by atoms with Crippen LogP contribution >= 0.6 is 0 Å². The van der Waals surface area contributed by atoms with Crippen molar-refractivity contribution in [2.45, 2.75) is 48.0 Å². The second-order valence-corrected chi connectivity index (χ2v) is 5.20. The van der Waals surface area contributed by atoms with E-state index in [1.165, 1.54) is 0 Å². The van der Waals surface area contributed by atoms with Crippen LogP contribution in [0.25, 0.3) is 0 Å². The normalized spacial score (nSPS) is 12.6. The first-order chi connectivity index (χ1) is 7.29. The zero-order chi connectivity index (χ0) is 12.8. The van der Waals surface area contributed by atoms with E-state index in [1.54, 1.807) is 0 Å². The number of esters is 1. The van der Waals surface area contributed by atoms with Gasteiger partial charge in [0.25, 0.3) is 0 Å². The van der Waals surface area contributed by atoms with E-state index >= 15 is 0 Å². The van der Waals surface area contributed by atoms with Crippen molar-refractivity contribution >= 4 is 5.97 Å². The van der Waals surface area contributed by atoms with Gasteiger partial charge in [0, 0.05) is 6.61 Å². The highest BCUT2D eigenvalue weighted by atomic mass is 16.6. The van der Waals surface area contributed by atoms with Crippen LogP contribution < -0.4 is 0 Å². The fourth-order valence-corrected chi connectivity index (χ4v) is 1.24. The molecule has 0 saturated heterocycles. The molecule has 0 amide bonds. The smallest absolute Gasteiger partial charge is 0.312 e. The van der Waals surface area contributed by atoms with Crippen molar-refractivity contribution < 1.29 is 14.3 Å². The maximum atomic E-state index is 12.0. The van der Waals surface area contributed by atoms with Crippen LogP contribution in [0.4, 0.5) is 0 Å². The van der Waals surface area contributed by atoms with Gasteiger partial charge in [-0.2, -0.15) is 0 Å². The van der Waals surface area contributed by atoms with Gasteiger partial charge in [0.05, 0.1) is 12.0 Å². The summed E-state index contributed by atoms with van der Waals surface area (Å²) in [7, 11) is 0. The van der Waals surface area contributed by atoms with Gasteiger partial charge in [-0.15, -0.1) is 0 Å². The molecule has 0 atom stereocenters. The first-order valence-electron chi connectivity index (χ1n) is 6.04. The predicted octanol–water partition coefficient (Wildman–Crippen LogP) is 3.03. The Hall–Kier alpha value is -0.570. The molecule has 0 bridgehead atoms. The Morgan fingerprint density at radius 1 is 1.06 bits per heavy atom. The molecule has 96 valence electrons. The summed E-state index contributed by atoms with van der Waals surface area (Å²) in [5.41, 5.74) is -0.524. The van der Waals surface area contributed by atoms with E-state index in [-0.39, 0.29) is 11.4 Å². The summed E-state index contributed by atoms with van der Waals surface area (Å²) < 4.78 is 10.4. The molecule has 0 N–H and O–H groups in total. The standard InChI is InChI=1S/C13H26O3/c1-7-12(3,4)13(5,6)11(14)16-10-9-15-8-2/h7-10H2,1-6H3. The van der Waals surface area contributed by atoms with Crippen LogP contribution in [-0.2, 0) is 14.3 Å². The van der Waals surface area contributed by atoms with E-state index in [4.69, 9.17) is 9.47 Å². The van der Waals surface area contributed by atoms with E-state index in [0.29, 0.717) is 19.8 Å². The molecule has 16 heavy (non-hydrogen) atoms. The van der Waals surface area contributed by atoms with E-state index in [0.717, 1.165) is 6.42 Å². The monoisotopic (exact) mass is 230 g/mol. The van der Waals surface area contributed by atoms with E-state index in [9.17, 15) is 4.79 Å². The van der Waals surface area contributed by atoms with Crippen LogP contribution in [0.15, 0.2) is 0 Å². The van der Waals surface area contributed by atoms with Gasteiger partial charge in [-0.05, 0) is 32.6 Å². The number of hydrogen-bond donors (Lipinski definition) is 0. The minimum absolute atomic E-state index is 0.0598. The summed E-state index contributed by atoms with van der Waals surface area (Å²) in [5.74, 6) is -0.140. The zero-order valence-electron chi connectivity index (χ0n) is 11.6. The lowest BCUT2D eigenvalue weighted by Gasteiger charge is -2.38. The SMILES string of the molecule is CCOCCOC(=O)C(C)(C)C(C)(C)CC. The molecule has 0 fully saturated rings. The predicted molar refractivity (Wildman–Crippen MR) is 65.3 cm³/mol. The van der Waals surface area contributed by atoms with Crippen LogP contribution in [0.1, 0.15) is 48.0 Å². The molecule has 0 radical (unpaired) electrons. The third-order valence-electron chi connectivity index (χ3n) is 3.75. The Morgan fingerprint density at radius 2 is 1.62 bits per heavy atom. The third kappa shape index (κ3) is 3.78. The Labute approximate surface area is 99.5 Å². The molecule has 0 saturated carbocycles. The molecule has 3 nitrogen and oxygen atoms in total. The van der Waals surface area contributed by atoms with Crippen LogP contribution in [0, 0.1) is 10.8 Å². The topological polar surface area (TPSA) is 35.5 Å². The fraction of sp³-hybridized carbons (Fsp3) is 0.923. The van der Waals surface area contributed by atoms with Crippen molar-refractivity contribution in [2.75, 3.05) is 19.8 Å². The van der Waals surface area contributed by atoms with Gasteiger partial charge < -0.3 is 9.47 Å². The second kappa shape index (κ2) is 6.24. The molecule has 0 heterocycles. The summed E-state index contributed by atoms with van der Waals surface area (Å²) in [4.78, 5) is 12.0. The Bertz CT molecular complexity index is 219. The first-order valence-corrected chi connectivity index (χ1v) is 6.04. The molecule has 0 spiro atoms. The van der Waals surface area contributed by atoms with Crippen LogP contribution in [0.2, 0.25) is 0 Å². The van der Waals surface area contributed by atoms with Crippen LogP contribution in [0.3, 0.4) is 0 Å². The molecular formula is C13H26O3. The number of carbonyl (C=O) groups is 1. The lowest BCUT2D eigenvalue weighted by molar-refractivity contribution is -0.162. The lowest BCUT2D eigenvalue weighted by atomic mass is 9.66. The van der Waals surface area contributed by atoms with E-state index in [1.807, 2.05) is 20.8 Å². The van der Waals surface area contributed by atoms with Gasteiger partial charge in [0.1, 0.15) is 6.61 Å². The van der Waals surface area contributed by atoms with Crippen molar-refractivity contribution in [3.05, 3.63) is 0 Å². The summed E-state index contributed by atoms with van der Waals surface area (Å²) >= 11 is 0. The van der Waals surface area contributed by atoms with Crippen LogP contribution in [-0.4, -0.2) is 25.8 Å². The molecule has 0 aromatic heterocycles. The summed E-state index contributed by atoms with van der Waals surface area (Å²) in [6.45, 7) is 13.6. The maximum Gasteiger partial charge on any atom is 0.312 e.